The van der Waals surface area contributed by atoms with Crippen molar-refractivity contribution in [2.75, 3.05) is 11.1 Å². The Morgan fingerprint density at radius 3 is 3.06 bits per heavy atom. The first-order chi connectivity index (χ1) is 7.79. The first-order valence-electron chi connectivity index (χ1n) is 5.50. The summed E-state index contributed by atoms with van der Waals surface area (Å²) in [4.78, 5) is 11.2. The summed E-state index contributed by atoms with van der Waals surface area (Å²) < 4.78 is 0. The zero-order chi connectivity index (χ0) is 11.4. The molecule has 16 heavy (non-hydrogen) atoms. The molecule has 0 aliphatic carbocycles. The Hall–Kier alpha value is -1.22. The number of thiol groups is 1. The molecule has 0 saturated heterocycles. The highest BCUT2D eigenvalue weighted by Crippen LogP contribution is 2.24. The largest absolute Gasteiger partial charge is 0.326 e. The second-order valence-corrected chi connectivity index (χ2v) is 4.33. The van der Waals surface area contributed by atoms with Gasteiger partial charge in [-0.1, -0.05) is 18.2 Å². The zero-order valence-corrected chi connectivity index (χ0v) is 9.97. The molecule has 2 rings (SSSR count). The van der Waals surface area contributed by atoms with Crippen LogP contribution in [0.2, 0.25) is 0 Å². The molecular weight excluding hydrogens is 218 g/mol. The molecule has 1 aromatic rings. The van der Waals surface area contributed by atoms with Crippen molar-refractivity contribution in [3.63, 3.8) is 0 Å². The van der Waals surface area contributed by atoms with Crippen LogP contribution < -0.4 is 5.32 Å². The molecule has 0 bridgehead atoms. The molecule has 0 aromatic heterocycles. The normalized spacial score (nSPS) is 14.9. The average Bonchev–Trinajstić information content (AvgIpc) is 2.29. The molecule has 1 aliphatic rings. The zero-order valence-electron chi connectivity index (χ0n) is 9.07. The minimum Gasteiger partial charge on any atom is -0.326 e. The van der Waals surface area contributed by atoms with Crippen LogP contribution in [0.4, 0.5) is 5.69 Å². The third-order valence-electron chi connectivity index (χ3n) is 2.63. The smallest absolute Gasteiger partial charge is 0.224 e. The maximum absolute atomic E-state index is 11.2. The van der Waals surface area contributed by atoms with Crippen LogP contribution in [0.15, 0.2) is 24.3 Å². The molecule has 1 amide bonds. The molecule has 0 unspecified atom stereocenters. The highest BCUT2D eigenvalue weighted by atomic mass is 32.1. The number of rotatable bonds is 3. The van der Waals surface area contributed by atoms with Crippen molar-refractivity contribution in [3.05, 3.63) is 35.4 Å². The molecule has 3 heteroatoms. The topological polar surface area (TPSA) is 29.1 Å². The van der Waals surface area contributed by atoms with Crippen LogP contribution in [-0.2, 0) is 11.2 Å². The van der Waals surface area contributed by atoms with Gasteiger partial charge in [0.1, 0.15) is 0 Å². The van der Waals surface area contributed by atoms with E-state index in [2.05, 4.69) is 36.2 Å². The van der Waals surface area contributed by atoms with Crippen LogP contribution in [0.25, 0.3) is 6.08 Å². The van der Waals surface area contributed by atoms with Gasteiger partial charge in [-0.15, -0.1) is 0 Å². The second-order valence-electron chi connectivity index (χ2n) is 3.88. The molecule has 84 valence electrons. The molecule has 1 N–H and O–H groups in total. The van der Waals surface area contributed by atoms with Crippen molar-refractivity contribution in [3.8, 4) is 0 Å². The van der Waals surface area contributed by atoms with Gasteiger partial charge in [-0.05, 0) is 41.9 Å². The van der Waals surface area contributed by atoms with Crippen molar-refractivity contribution in [2.45, 2.75) is 19.3 Å². The van der Waals surface area contributed by atoms with Gasteiger partial charge in [0.15, 0.2) is 0 Å². The Labute approximate surface area is 101 Å². The third kappa shape index (κ3) is 2.67. The maximum atomic E-state index is 11.2. The van der Waals surface area contributed by atoms with Gasteiger partial charge in [-0.25, -0.2) is 0 Å². The number of anilines is 1. The molecule has 0 fully saturated rings. The number of aryl methyl sites for hydroxylation is 1. The fourth-order valence-electron chi connectivity index (χ4n) is 1.80. The molecule has 2 nitrogen and oxygen atoms in total. The van der Waals surface area contributed by atoms with Gasteiger partial charge in [0.2, 0.25) is 5.91 Å². The number of amides is 1. The predicted molar refractivity (Wildman–Crippen MR) is 70.9 cm³/mol. The van der Waals surface area contributed by atoms with Crippen LogP contribution >= 0.6 is 12.6 Å². The van der Waals surface area contributed by atoms with Gasteiger partial charge < -0.3 is 5.32 Å². The number of carbonyl (C=O) groups excluding carboxylic acids is 1. The van der Waals surface area contributed by atoms with Gasteiger partial charge in [0.25, 0.3) is 0 Å². The number of nitrogens with one attached hydrogen (secondary N) is 1. The number of carbonyl (C=O) groups is 1. The summed E-state index contributed by atoms with van der Waals surface area (Å²) in [6, 6.07) is 6.15. The van der Waals surface area contributed by atoms with Gasteiger partial charge in [-0.3, -0.25) is 4.79 Å². The number of fused-ring (bicyclic) bond motifs is 1. The van der Waals surface area contributed by atoms with Crippen molar-refractivity contribution in [1.29, 1.82) is 0 Å². The Morgan fingerprint density at radius 2 is 2.25 bits per heavy atom. The van der Waals surface area contributed by atoms with E-state index in [-0.39, 0.29) is 5.91 Å². The van der Waals surface area contributed by atoms with E-state index in [1.807, 2.05) is 12.1 Å². The number of hydrogen-bond donors (Lipinski definition) is 2. The standard InChI is InChI=1S/C13H15NOS/c15-13-7-5-11-9-10(3-1-2-8-16)4-6-12(11)14-13/h1,3-4,6,9,16H,2,5,7-8H2,(H,14,15). The van der Waals surface area contributed by atoms with E-state index in [0.717, 1.165) is 24.3 Å². The van der Waals surface area contributed by atoms with E-state index >= 15 is 0 Å². The SMILES string of the molecule is O=C1CCc2cc(C=CCCS)ccc2N1. The lowest BCUT2D eigenvalue weighted by Crippen LogP contribution is -2.18. The molecule has 0 radical (unpaired) electrons. The summed E-state index contributed by atoms with van der Waals surface area (Å²) in [7, 11) is 0. The fraction of sp³-hybridized carbons (Fsp3) is 0.308. The Morgan fingerprint density at radius 1 is 1.38 bits per heavy atom. The monoisotopic (exact) mass is 233 g/mol. The summed E-state index contributed by atoms with van der Waals surface area (Å²) in [5, 5.41) is 2.88. The molecule has 0 atom stereocenters. The molecular formula is C13H15NOS. The van der Waals surface area contributed by atoms with Crippen molar-refractivity contribution in [1.82, 2.24) is 0 Å². The molecule has 0 saturated carbocycles. The highest BCUT2D eigenvalue weighted by molar-refractivity contribution is 7.80. The van der Waals surface area contributed by atoms with Crippen LogP contribution in [0.1, 0.15) is 24.0 Å². The molecule has 1 aliphatic heterocycles. The van der Waals surface area contributed by atoms with Gasteiger partial charge in [0.05, 0.1) is 0 Å². The summed E-state index contributed by atoms with van der Waals surface area (Å²) in [6.07, 6.45) is 6.65. The first kappa shape index (κ1) is 11.3. The van der Waals surface area contributed by atoms with E-state index < -0.39 is 0 Å². The lowest BCUT2D eigenvalue weighted by Gasteiger charge is -2.16. The van der Waals surface area contributed by atoms with Crippen LogP contribution in [0.5, 0.6) is 0 Å². The minimum absolute atomic E-state index is 0.117. The second kappa shape index (κ2) is 5.21. The summed E-state index contributed by atoms with van der Waals surface area (Å²) in [5.74, 6) is 0.989. The lowest BCUT2D eigenvalue weighted by molar-refractivity contribution is -0.116. The van der Waals surface area contributed by atoms with Crippen molar-refractivity contribution >= 4 is 30.3 Å². The van der Waals surface area contributed by atoms with E-state index in [4.69, 9.17) is 0 Å². The number of benzene rings is 1. The first-order valence-corrected chi connectivity index (χ1v) is 6.13. The van der Waals surface area contributed by atoms with Gasteiger partial charge >= 0.3 is 0 Å². The Balaban J connectivity index is 2.16. The summed E-state index contributed by atoms with van der Waals surface area (Å²) in [5.41, 5.74) is 3.38. The number of allylic oxidation sites excluding steroid dienone is 1. The Kier molecular flexibility index (Phi) is 3.67. The molecule has 1 heterocycles. The predicted octanol–water partition coefficient (Wildman–Crippen LogP) is 2.90. The summed E-state index contributed by atoms with van der Waals surface area (Å²) in [6.45, 7) is 0. The van der Waals surface area contributed by atoms with Crippen molar-refractivity contribution in [2.24, 2.45) is 0 Å². The van der Waals surface area contributed by atoms with Crippen LogP contribution in [0.3, 0.4) is 0 Å². The highest BCUT2D eigenvalue weighted by Gasteiger charge is 2.13. The average molecular weight is 233 g/mol. The summed E-state index contributed by atoms with van der Waals surface area (Å²) >= 11 is 4.16. The van der Waals surface area contributed by atoms with Gasteiger partial charge in [0, 0.05) is 12.1 Å². The molecule has 0 spiro atoms. The van der Waals surface area contributed by atoms with E-state index in [9.17, 15) is 4.79 Å². The quantitative estimate of drug-likeness (QED) is 0.772. The lowest BCUT2D eigenvalue weighted by atomic mass is 10.0. The van der Waals surface area contributed by atoms with Crippen molar-refractivity contribution < 1.29 is 4.79 Å². The van der Waals surface area contributed by atoms with Crippen LogP contribution in [-0.4, -0.2) is 11.7 Å². The molecule has 1 aromatic carbocycles. The van der Waals surface area contributed by atoms with Crippen LogP contribution in [0, 0.1) is 0 Å². The number of hydrogen-bond acceptors (Lipinski definition) is 2. The maximum Gasteiger partial charge on any atom is 0.224 e. The van der Waals surface area contributed by atoms with E-state index in [1.165, 1.54) is 11.1 Å². The Bertz CT molecular complexity index is 426. The minimum atomic E-state index is 0.117. The van der Waals surface area contributed by atoms with E-state index in [1.54, 1.807) is 0 Å². The fourth-order valence-corrected chi connectivity index (χ4v) is 1.95. The van der Waals surface area contributed by atoms with E-state index in [0.29, 0.717) is 6.42 Å². The van der Waals surface area contributed by atoms with Gasteiger partial charge in [-0.2, -0.15) is 12.6 Å². The third-order valence-corrected chi connectivity index (χ3v) is 2.89.